The average molecular weight is 830 g/mol. The summed E-state index contributed by atoms with van der Waals surface area (Å²) in [5.74, 6) is 0. The number of fused-ring (bicyclic) bond motifs is 6. The molecule has 0 fully saturated rings. The van der Waals surface area contributed by atoms with Crippen molar-refractivity contribution in [3.63, 3.8) is 0 Å². The maximum Gasteiger partial charge on any atom is 0.0713 e. The number of hydrogen-bond donors (Lipinski definition) is 0. The van der Waals surface area contributed by atoms with E-state index < -0.39 is 5.41 Å². The summed E-state index contributed by atoms with van der Waals surface area (Å²) >= 11 is 0. The molecule has 308 valence electrons. The first-order valence-corrected chi connectivity index (χ1v) is 22.8. The van der Waals surface area contributed by atoms with Gasteiger partial charge in [-0.3, -0.25) is 0 Å². The zero-order valence-corrected chi connectivity index (χ0v) is 36.6. The summed E-state index contributed by atoms with van der Waals surface area (Å²) in [6.45, 7) is 4.72. The molecule has 0 aromatic heterocycles. The predicted octanol–water partition coefficient (Wildman–Crippen LogP) is 16.8. The Labute approximate surface area is 382 Å². The van der Waals surface area contributed by atoms with Crippen LogP contribution in [0.3, 0.4) is 0 Å². The van der Waals surface area contributed by atoms with Crippen LogP contribution in [0.25, 0.3) is 55.6 Å². The second-order valence-electron chi connectivity index (χ2n) is 18.0. The van der Waals surface area contributed by atoms with Gasteiger partial charge in [0.05, 0.1) is 11.1 Å². The topological polar surface area (TPSA) is 3.24 Å². The van der Waals surface area contributed by atoms with Crippen LogP contribution >= 0.6 is 0 Å². The van der Waals surface area contributed by atoms with Gasteiger partial charge in [0.15, 0.2) is 0 Å². The molecular formula is C64H47N. The molecule has 0 radical (unpaired) electrons. The highest BCUT2D eigenvalue weighted by Crippen LogP contribution is 2.58. The van der Waals surface area contributed by atoms with E-state index in [-0.39, 0.29) is 5.41 Å². The van der Waals surface area contributed by atoms with Crippen LogP contribution in [-0.4, -0.2) is 0 Å². The molecule has 0 aliphatic heterocycles. The first-order chi connectivity index (χ1) is 32.0. The van der Waals surface area contributed by atoms with Crippen molar-refractivity contribution in [2.75, 3.05) is 4.90 Å². The number of benzene rings is 10. The van der Waals surface area contributed by atoms with Crippen LogP contribution in [0.5, 0.6) is 0 Å². The fourth-order valence-corrected chi connectivity index (χ4v) is 11.3. The van der Waals surface area contributed by atoms with Crippen LogP contribution in [0, 0.1) is 0 Å². The van der Waals surface area contributed by atoms with Gasteiger partial charge in [0.2, 0.25) is 0 Å². The van der Waals surface area contributed by atoms with Gasteiger partial charge in [-0.05, 0) is 114 Å². The monoisotopic (exact) mass is 829 g/mol. The van der Waals surface area contributed by atoms with E-state index in [4.69, 9.17) is 0 Å². The third-order valence-corrected chi connectivity index (χ3v) is 14.2. The lowest BCUT2D eigenvalue weighted by molar-refractivity contribution is 0.660. The lowest BCUT2D eigenvalue weighted by atomic mass is 9.68. The lowest BCUT2D eigenvalue weighted by Gasteiger charge is -2.34. The van der Waals surface area contributed by atoms with Crippen molar-refractivity contribution >= 4 is 17.1 Å². The van der Waals surface area contributed by atoms with E-state index in [9.17, 15) is 0 Å². The van der Waals surface area contributed by atoms with Crippen molar-refractivity contribution in [3.05, 3.63) is 282 Å². The van der Waals surface area contributed by atoms with Gasteiger partial charge < -0.3 is 4.90 Å². The average Bonchev–Trinajstić information content (AvgIpc) is 3.80. The molecule has 0 heterocycles. The highest BCUT2D eigenvalue weighted by molar-refractivity contribution is 6.02. The van der Waals surface area contributed by atoms with Crippen LogP contribution in [0.2, 0.25) is 0 Å². The summed E-state index contributed by atoms with van der Waals surface area (Å²) in [4.78, 5) is 2.53. The standard InChI is InChI=1S/C64H47N/c1-63(2)57-35-19-17-31-52(57)55-42-48(38-40-58(55)63)65(61-37-21-34-51(45-24-9-4-10-25-45)62(61)54-33-16-15-30-50(54)44-22-7-3-8-23-44)49-39-41-60-56(43-49)53-32-18-20-36-59(53)64(60,46-26-11-5-12-27-46)47-28-13-6-14-29-47/h3-43H,1-2H3. The molecule has 1 heteroatoms. The number of rotatable bonds is 8. The molecule has 10 aromatic rings. The minimum atomic E-state index is -0.492. The molecule has 0 spiro atoms. The molecule has 1 nitrogen and oxygen atoms in total. The highest BCUT2D eigenvalue weighted by Gasteiger charge is 2.46. The zero-order chi connectivity index (χ0) is 43.5. The van der Waals surface area contributed by atoms with Crippen LogP contribution in [0.4, 0.5) is 17.1 Å². The second-order valence-corrected chi connectivity index (χ2v) is 18.0. The van der Waals surface area contributed by atoms with Gasteiger partial charge in [0.25, 0.3) is 0 Å². The molecule has 2 aliphatic carbocycles. The minimum absolute atomic E-state index is 0.113. The maximum absolute atomic E-state index is 2.53. The fraction of sp³-hybridized carbons (Fsp3) is 0.0625. The summed E-state index contributed by atoms with van der Waals surface area (Å²) in [6, 6.07) is 92.1. The summed E-state index contributed by atoms with van der Waals surface area (Å²) in [6.07, 6.45) is 0. The summed E-state index contributed by atoms with van der Waals surface area (Å²) < 4.78 is 0. The third-order valence-electron chi connectivity index (χ3n) is 14.2. The lowest BCUT2D eigenvalue weighted by Crippen LogP contribution is -2.28. The zero-order valence-electron chi connectivity index (χ0n) is 36.6. The van der Waals surface area contributed by atoms with Gasteiger partial charge >= 0.3 is 0 Å². The van der Waals surface area contributed by atoms with Crippen LogP contribution < -0.4 is 4.90 Å². The molecule has 0 saturated heterocycles. The minimum Gasteiger partial charge on any atom is -0.310 e. The van der Waals surface area contributed by atoms with E-state index in [2.05, 4.69) is 267 Å². The number of hydrogen-bond acceptors (Lipinski definition) is 1. The molecule has 12 rings (SSSR count). The van der Waals surface area contributed by atoms with Crippen molar-refractivity contribution in [1.29, 1.82) is 0 Å². The van der Waals surface area contributed by atoms with E-state index in [1.165, 1.54) is 89.0 Å². The largest absolute Gasteiger partial charge is 0.310 e. The Hall–Kier alpha value is -8.00. The van der Waals surface area contributed by atoms with Crippen molar-refractivity contribution in [3.8, 4) is 55.6 Å². The van der Waals surface area contributed by atoms with Gasteiger partial charge in [-0.25, -0.2) is 0 Å². The van der Waals surface area contributed by atoms with Crippen molar-refractivity contribution in [1.82, 2.24) is 0 Å². The number of anilines is 3. The summed E-state index contributed by atoms with van der Waals surface area (Å²) in [5.41, 5.74) is 22.8. The quantitative estimate of drug-likeness (QED) is 0.147. The van der Waals surface area contributed by atoms with Crippen LogP contribution in [-0.2, 0) is 10.8 Å². The van der Waals surface area contributed by atoms with E-state index in [0.717, 1.165) is 17.1 Å². The van der Waals surface area contributed by atoms with E-state index in [1.54, 1.807) is 0 Å². The molecule has 2 aliphatic rings. The molecule has 0 saturated carbocycles. The summed E-state index contributed by atoms with van der Waals surface area (Å²) in [7, 11) is 0. The van der Waals surface area contributed by atoms with Gasteiger partial charge in [-0.15, -0.1) is 0 Å². The predicted molar refractivity (Wildman–Crippen MR) is 272 cm³/mol. The first kappa shape index (κ1) is 38.7. The smallest absolute Gasteiger partial charge is 0.0713 e. The molecule has 0 unspecified atom stereocenters. The van der Waals surface area contributed by atoms with E-state index in [0.29, 0.717) is 0 Å². The second kappa shape index (κ2) is 15.4. The fourth-order valence-electron chi connectivity index (χ4n) is 11.3. The third kappa shape index (κ3) is 6.00. The Kier molecular flexibility index (Phi) is 9.14. The van der Waals surface area contributed by atoms with E-state index >= 15 is 0 Å². The Balaban J connectivity index is 1.17. The molecular weight excluding hydrogens is 783 g/mol. The molecule has 0 N–H and O–H groups in total. The molecule has 0 atom stereocenters. The Morgan fingerprint density at radius 2 is 0.692 bits per heavy atom. The van der Waals surface area contributed by atoms with Gasteiger partial charge in [-0.2, -0.15) is 0 Å². The van der Waals surface area contributed by atoms with Crippen LogP contribution in [0.1, 0.15) is 47.2 Å². The highest BCUT2D eigenvalue weighted by atomic mass is 15.1. The SMILES string of the molecule is CC1(C)c2ccccc2-c2cc(N(c3ccc4c(c3)-c3ccccc3C4(c3ccccc3)c3ccccc3)c3cccc(-c4ccccc4)c3-c3ccccc3-c3ccccc3)ccc21. The summed E-state index contributed by atoms with van der Waals surface area (Å²) in [5, 5.41) is 0. The Morgan fingerprint density at radius 1 is 0.292 bits per heavy atom. The molecule has 0 amide bonds. The Bertz CT molecular complexity index is 3350. The van der Waals surface area contributed by atoms with E-state index in [1.807, 2.05) is 0 Å². The van der Waals surface area contributed by atoms with Gasteiger partial charge in [0.1, 0.15) is 0 Å². The first-order valence-electron chi connectivity index (χ1n) is 22.8. The molecule has 65 heavy (non-hydrogen) atoms. The van der Waals surface area contributed by atoms with Gasteiger partial charge in [-0.1, -0.05) is 232 Å². The van der Waals surface area contributed by atoms with Crippen molar-refractivity contribution in [2.45, 2.75) is 24.7 Å². The van der Waals surface area contributed by atoms with Crippen molar-refractivity contribution in [2.24, 2.45) is 0 Å². The normalized spacial score (nSPS) is 13.6. The van der Waals surface area contributed by atoms with Crippen LogP contribution in [0.15, 0.2) is 249 Å². The molecule has 10 aromatic carbocycles. The van der Waals surface area contributed by atoms with Gasteiger partial charge in [0, 0.05) is 22.4 Å². The van der Waals surface area contributed by atoms with Crippen molar-refractivity contribution < 1.29 is 0 Å². The maximum atomic E-state index is 2.53. The number of nitrogens with zero attached hydrogens (tertiary/aromatic N) is 1. The Morgan fingerprint density at radius 3 is 1.29 bits per heavy atom. The molecule has 0 bridgehead atoms.